The Kier molecular flexibility index (Phi) is 4.78. The van der Waals surface area contributed by atoms with Crippen LogP contribution in [0, 0.1) is 0 Å². The van der Waals surface area contributed by atoms with Gasteiger partial charge in [0.05, 0.1) is 16.9 Å². The zero-order valence-corrected chi connectivity index (χ0v) is 10.1. The third-order valence-electron chi connectivity index (χ3n) is 2.49. The molecule has 1 atom stereocenters. The zero-order valence-electron chi connectivity index (χ0n) is 10.1. The van der Waals surface area contributed by atoms with Crippen molar-refractivity contribution in [3.63, 3.8) is 0 Å². The molecule has 0 saturated carbocycles. The molecule has 0 aromatic heterocycles. The SMILES string of the molecule is COCCC(C)Nc1cccc(C(=O)O)c1N. The first kappa shape index (κ1) is 13.3. The lowest BCUT2D eigenvalue weighted by Crippen LogP contribution is -2.18. The molecule has 0 spiro atoms. The van der Waals surface area contributed by atoms with Crippen LogP contribution in [0.15, 0.2) is 18.2 Å². The molecule has 17 heavy (non-hydrogen) atoms. The van der Waals surface area contributed by atoms with E-state index in [4.69, 9.17) is 15.6 Å². The summed E-state index contributed by atoms with van der Waals surface area (Å²) in [5, 5.41) is 12.1. The van der Waals surface area contributed by atoms with Crippen LogP contribution in [0.2, 0.25) is 0 Å². The van der Waals surface area contributed by atoms with Gasteiger partial charge in [-0.05, 0) is 25.5 Å². The number of nitrogen functional groups attached to an aromatic ring is 1. The van der Waals surface area contributed by atoms with Crippen molar-refractivity contribution < 1.29 is 14.6 Å². The summed E-state index contributed by atoms with van der Waals surface area (Å²) in [6.45, 7) is 2.64. The van der Waals surface area contributed by atoms with Crippen LogP contribution in [0.3, 0.4) is 0 Å². The van der Waals surface area contributed by atoms with Crippen molar-refractivity contribution in [2.75, 3.05) is 24.8 Å². The van der Waals surface area contributed by atoms with Crippen molar-refractivity contribution in [2.24, 2.45) is 0 Å². The first-order valence-electron chi connectivity index (χ1n) is 5.43. The fourth-order valence-corrected chi connectivity index (χ4v) is 1.51. The average molecular weight is 238 g/mol. The highest BCUT2D eigenvalue weighted by Crippen LogP contribution is 2.23. The van der Waals surface area contributed by atoms with Crippen molar-refractivity contribution >= 4 is 17.3 Å². The molecule has 1 rings (SSSR count). The lowest BCUT2D eigenvalue weighted by Gasteiger charge is -2.17. The van der Waals surface area contributed by atoms with Crippen molar-refractivity contribution in [1.29, 1.82) is 0 Å². The van der Waals surface area contributed by atoms with Crippen molar-refractivity contribution in [2.45, 2.75) is 19.4 Å². The largest absolute Gasteiger partial charge is 0.478 e. The van der Waals surface area contributed by atoms with Gasteiger partial charge in [-0.3, -0.25) is 0 Å². The highest BCUT2D eigenvalue weighted by Gasteiger charge is 2.12. The minimum absolute atomic E-state index is 0.119. The first-order valence-corrected chi connectivity index (χ1v) is 5.43. The van der Waals surface area contributed by atoms with E-state index < -0.39 is 5.97 Å². The number of benzene rings is 1. The maximum atomic E-state index is 10.9. The average Bonchev–Trinajstić information content (AvgIpc) is 2.28. The van der Waals surface area contributed by atoms with Crippen LogP contribution in [-0.2, 0) is 4.74 Å². The predicted molar refractivity (Wildman–Crippen MR) is 67.4 cm³/mol. The van der Waals surface area contributed by atoms with Crippen LogP contribution >= 0.6 is 0 Å². The van der Waals surface area contributed by atoms with Crippen LogP contribution < -0.4 is 11.1 Å². The summed E-state index contributed by atoms with van der Waals surface area (Å²) < 4.78 is 4.98. The molecule has 0 heterocycles. The number of carbonyl (C=O) groups is 1. The molecule has 5 nitrogen and oxygen atoms in total. The molecule has 0 aliphatic heterocycles. The van der Waals surface area contributed by atoms with Crippen molar-refractivity contribution in [3.05, 3.63) is 23.8 Å². The second kappa shape index (κ2) is 6.10. The smallest absolute Gasteiger partial charge is 0.337 e. The Morgan fingerprint density at radius 2 is 2.29 bits per heavy atom. The van der Waals surface area contributed by atoms with Crippen molar-refractivity contribution in [1.82, 2.24) is 0 Å². The van der Waals surface area contributed by atoms with Gasteiger partial charge in [-0.15, -0.1) is 0 Å². The second-order valence-electron chi connectivity index (χ2n) is 3.90. The van der Waals surface area contributed by atoms with Gasteiger partial charge in [-0.2, -0.15) is 0 Å². The predicted octanol–water partition coefficient (Wildman–Crippen LogP) is 1.80. The molecule has 1 aromatic rings. The molecule has 1 aromatic carbocycles. The number of anilines is 2. The Hall–Kier alpha value is -1.75. The summed E-state index contributed by atoms with van der Waals surface area (Å²) in [5.74, 6) is -1.02. The van der Waals surface area contributed by atoms with Gasteiger partial charge in [0.2, 0.25) is 0 Å². The number of methoxy groups -OCH3 is 1. The van der Waals surface area contributed by atoms with Crippen LogP contribution in [0.5, 0.6) is 0 Å². The van der Waals surface area contributed by atoms with Crippen LogP contribution in [0.1, 0.15) is 23.7 Å². The van der Waals surface area contributed by atoms with Crippen molar-refractivity contribution in [3.8, 4) is 0 Å². The standard InChI is InChI=1S/C12H18N2O3/c1-8(6-7-17-2)14-10-5-3-4-9(11(10)13)12(15)16/h3-5,8,14H,6-7,13H2,1-2H3,(H,15,16). The number of carboxylic acids is 1. The number of rotatable bonds is 6. The van der Waals surface area contributed by atoms with E-state index in [9.17, 15) is 4.79 Å². The maximum Gasteiger partial charge on any atom is 0.337 e. The second-order valence-corrected chi connectivity index (χ2v) is 3.90. The van der Waals surface area contributed by atoms with E-state index in [0.29, 0.717) is 12.3 Å². The minimum atomic E-state index is -1.02. The molecule has 5 heteroatoms. The normalized spacial score (nSPS) is 12.1. The number of para-hydroxylation sites is 1. The molecule has 0 aliphatic carbocycles. The topological polar surface area (TPSA) is 84.6 Å². The summed E-state index contributed by atoms with van der Waals surface area (Å²) in [6, 6.07) is 5.10. The van der Waals surface area contributed by atoms with E-state index in [1.165, 1.54) is 6.07 Å². The lowest BCUT2D eigenvalue weighted by atomic mass is 10.1. The number of ether oxygens (including phenoxy) is 1. The molecule has 0 aliphatic rings. The van der Waals surface area contributed by atoms with Crippen LogP contribution in [0.4, 0.5) is 11.4 Å². The molecule has 0 bridgehead atoms. The number of hydrogen-bond acceptors (Lipinski definition) is 4. The first-order chi connectivity index (χ1) is 8.06. The molecule has 0 amide bonds. The van der Waals surface area contributed by atoms with Gasteiger partial charge in [0, 0.05) is 19.8 Å². The van der Waals surface area contributed by atoms with E-state index >= 15 is 0 Å². The number of nitrogens with two attached hydrogens (primary N) is 1. The Morgan fingerprint density at radius 3 is 2.88 bits per heavy atom. The van der Waals surface area contributed by atoms with E-state index in [1.54, 1.807) is 19.2 Å². The summed E-state index contributed by atoms with van der Waals surface area (Å²) in [5.41, 5.74) is 6.82. The summed E-state index contributed by atoms with van der Waals surface area (Å²) in [6.07, 6.45) is 0.827. The van der Waals surface area contributed by atoms with E-state index in [0.717, 1.165) is 6.42 Å². The zero-order chi connectivity index (χ0) is 12.8. The molecule has 0 radical (unpaired) electrons. The Bertz CT molecular complexity index is 393. The quantitative estimate of drug-likeness (QED) is 0.658. The number of nitrogens with one attached hydrogen (secondary N) is 1. The van der Waals surface area contributed by atoms with Gasteiger partial charge in [-0.25, -0.2) is 4.79 Å². The molecular formula is C12H18N2O3. The molecule has 0 fully saturated rings. The highest BCUT2D eigenvalue weighted by atomic mass is 16.5. The summed E-state index contributed by atoms with van der Waals surface area (Å²) in [7, 11) is 1.64. The lowest BCUT2D eigenvalue weighted by molar-refractivity contribution is 0.0698. The molecular weight excluding hydrogens is 220 g/mol. The molecule has 4 N–H and O–H groups in total. The van der Waals surface area contributed by atoms with Gasteiger partial charge < -0.3 is 20.9 Å². The number of carboxylic acid groups (broad SMARTS) is 1. The maximum absolute atomic E-state index is 10.9. The molecule has 0 saturated heterocycles. The molecule has 1 unspecified atom stereocenters. The monoisotopic (exact) mass is 238 g/mol. The third kappa shape index (κ3) is 3.64. The third-order valence-corrected chi connectivity index (χ3v) is 2.49. The number of aromatic carboxylic acids is 1. The molecule has 94 valence electrons. The number of hydrogen-bond donors (Lipinski definition) is 3. The van der Waals surface area contributed by atoms with Gasteiger partial charge in [0.1, 0.15) is 0 Å². The van der Waals surface area contributed by atoms with Gasteiger partial charge >= 0.3 is 5.97 Å². The van der Waals surface area contributed by atoms with E-state index in [2.05, 4.69) is 5.32 Å². The van der Waals surface area contributed by atoms with Crippen LogP contribution in [0.25, 0.3) is 0 Å². The fraction of sp³-hybridized carbons (Fsp3) is 0.417. The highest BCUT2D eigenvalue weighted by molar-refractivity contribution is 5.97. The summed E-state index contributed by atoms with van der Waals surface area (Å²) >= 11 is 0. The minimum Gasteiger partial charge on any atom is -0.478 e. The van der Waals surface area contributed by atoms with E-state index in [1.807, 2.05) is 6.92 Å². The van der Waals surface area contributed by atoms with E-state index in [-0.39, 0.29) is 17.3 Å². The van der Waals surface area contributed by atoms with Gasteiger partial charge in [-0.1, -0.05) is 6.07 Å². The van der Waals surface area contributed by atoms with Crippen LogP contribution in [-0.4, -0.2) is 30.8 Å². The Balaban J connectivity index is 2.77. The Labute approximate surface area is 101 Å². The van der Waals surface area contributed by atoms with Gasteiger partial charge in [0.15, 0.2) is 0 Å². The van der Waals surface area contributed by atoms with Gasteiger partial charge in [0.25, 0.3) is 0 Å². The fourth-order valence-electron chi connectivity index (χ4n) is 1.51. The Morgan fingerprint density at radius 1 is 1.59 bits per heavy atom. The summed E-state index contributed by atoms with van der Waals surface area (Å²) in [4.78, 5) is 10.9.